The minimum Gasteiger partial charge on any atom is -0.466 e. The number of aryl methyl sites for hydroxylation is 1. The molecule has 0 atom stereocenters. The number of carbonyl (C=O) groups excluding carboxylic acids is 2. The summed E-state index contributed by atoms with van der Waals surface area (Å²) in [6, 6.07) is 4.43. The molecule has 0 aliphatic rings. The predicted octanol–water partition coefficient (Wildman–Crippen LogP) is 4.73. The molecule has 0 saturated carbocycles. The van der Waals surface area contributed by atoms with Gasteiger partial charge in [-0.15, -0.1) is 0 Å². The number of anilines is 1. The van der Waals surface area contributed by atoms with Crippen molar-refractivity contribution in [2.45, 2.75) is 13.1 Å². The highest BCUT2D eigenvalue weighted by molar-refractivity contribution is 5.99. The van der Waals surface area contributed by atoms with E-state index in [1.54, 1.807) is 13.0 Å². The normalized spacial score (nSPS) is 11.7. The van der Waals surface area contributed by atoms with Crippen LogP contribution in [-0.2, 0) is 25.2 Å². The standard InChI is InChI=1S/C20H16F5NO5/c1-10-5-4-6-15(17(10)26-14(19(28)30-3)9-16(27)29-2)31-18-12(21)7-11(8-13(18)22)20(23,24)25/h4-9,26H,1-3H3/b14-9+. The zero-order valence-electron chi connectivity index (χ0n) is 16.4. The van der Waals surface area contributed by atoms with Crippen LogP contribution < -0.4 is 10.1 Å². The van der Waals surface area contributed by atoms with Crippen molar-refractivity contribution in [1.29, 1.82) is 0 Å². The van der Waals surface area contributed by atoms with Crippen LogP contribution in [0.2, 0.25) is 0 Å². The summed E-state index contributed by atoms with van der Waals surface area (Å²) in [4.78, 5) is 23.5. The first kappa shape index (κ1) is 23.6. The summed E-state index contributed by atoms with van der Waals surface area (Å²) in [5.41, 5.74) is -1.50. The molecule has 0 heterocycles. The van der Waals surface area contributed by atoms with Crippen molar-refractivity contribution in [3.8, 4) is 11.5 Å². The van der Waals surface area contributed by atoms with Gasteiger partial charge < -0.3 is 19.5 Å². The van der Waals surface area contributed by atoms with E-state index in [-0.39, 0.29) is 29.3 Å². The van der Waals surface area contributed by atoms with Crippen LogP contribution in [-0.4, -0.2) is 26.2 Å². The molecule has 0 saturated heterocycles. The smallest absolute Gasteiger partial charge is 0.416 e. The van der Waals surface area contributed by atoms with E-state index in [0.29, 0.717) is 5.56 Å². The highest BCUT2D eigenvalue weighted by Crippen LogP contribution is 2.38. The van der Waals surface area contributed by atoms with Crippen molar-refractivity contribution < 1.29 is 45.8 Å². The molecule has 2 aromatic carbocycles. The first-order chi connectivity index (χ1) is 14.5. The Morgan fingerprint density at radius 2 is 1.65 bits per heavy atom. The summed E-state index contributed by atoms with van der Waals surface area (Å²) < 4.78 is 80.8. The molecule has 0 bridgehead atoms. The van der Waals surface area contributed by atoms with Crippen LogP contribution >= 0.6 is 0 Å². The number of para-hydroxylation sites is 1. The summed E-state index contributed by atoms with van der Waals surface area (Å²) in [6.07, 6.45) is -4.17. The summed E-state index contributed by atoms with van der Waals surface area (Å²) in [7, 11) is 2.13. The number of carbonyl (C=O) groups is 2. The molecule has 0 aliphatic carbocycles. The van der Waals surface area contributed by atoms with Crippen molar-refractivity contribution in [1.82, 2.24) is 0 Å². The lowest BCUT2D eigenvalue weighted by molar-refractivity contribution is -0.138. The van der Waals surface area contributed by atoms with Gasteiger partial charge >= 0.3 is 18.1 Å². The third-order valence-electron chi connectivity index (χ3n) is 3.90. The average Bonchev–Trinajstić information content (AvgIpc) is 2.70. The Morgan fingerprint density at radius 1 is 1.03 bits per heavy atom. The molecule has 31 heavy (non-hydrogen) atoms. The molecule has 2 rings (SSSR count). The molecular formula is C20H16F5NO5. The molecule has 1 N–H and O–H groups in total. The van der Waals surface area contributed by atoms with Crippen LogP contribution in [0.15, 0.2) is 42.1 Å². The highest BCUT2D eigenvalue weighted by Gasteiger charge is 2.33. The topological polar surface area (TPSA) is 73.9 Å². The van der Waals surface area contributed by atoms with E-state index < -0.39 is 41.1 Å². The van der Waals surface area contributed by atoms with Crippen LogP contribution in [0.1, 0.15) is 11.1 Å². The maximum absolute atomic E-state index is 14.2. The molecule has 166 valence electrons. The molecule has 6 nitrogen and oxygen atoms in total. The summed E-state index contributed by atoms with van der Waals surface area (Å²) >= 11 is 0. The van der Waals surface area contributed by atoms with Gasteiger partial charge in [-0.2, -0.15) is 13.2 Å². The summed E-state index contributed by atoms with van der Waals surface area (Å²) in [5, 5.41) is 2.56. The third kappa shape index (κ3) is 5.71. The van der Waals surface area contributed by atoms with Crippen molar-refractivity contribution in [3.05, 3.63) is 64.9 Å². The Balaban J connectivity index is 2.50. The van der Waals surface area contributed by atoms with E-state index in [1.165, 1.54) is 12.1 Å². The van der Waals surface area contributed by atoms with Crippen LogP contribution in [0.4, 0.5) is 27.6 Å². The maximum atomic E-state index is 14.2. The minimum atomic E-state index is -4.95. The molecule has 2 aromatic rings. The monoisotopic (exact) mass is 445 g/mol. The van der Waals surface area contributed by atoms with Crippen LogP contribution in [0.5, 0.6) is 11.5 Å². The second-order valence-corrected chi connectivity index (χ2v) is 6.01. The molecular weight excluding hydrogens is 429 g/mol. The zero-order chi connectivity index (χ0) is 23.3. The molecule has 0 unspecified atom stereocenters. The molecule has 0 aromatic heterocycles. The third-order valence-corrected chi connectivity index (χ3v) is 3.90. The van der Waals surface area contributed by atoms with Gasteiger partial charge in [0.05, 0.1) is 31.5 Å². The molecule has 0 amide bonds. The van der Waals surface area contributed by atoms with Gasteiger partial charge in [-0.25, -0.2) is 18.4 Å². The first-order valence-electron chi connectivity index (χ1n) is 8.46. The lowest BCUT2D eigenvalue weighted by atomic mass is 10.1. The fourth-order valence-electron chi connectivity index (χ4n) is 2.38. The van der Waals surface area contributed by atoms with Gasteiger partial charge in [0.1, 0.15) is 5.70 Å². The maximum Gasteiger partial charge on any atom is 0.416 e. The Hall–Kier alpha value is -3.63. The van der Waals surface area contributed by atoms with Gasteiger partial charge in [0, 0.05) is 0 Å². The molecule has 11 heteroatoms. The Kier molecular flexibility index (Phi) is 7.21. The van der Waals surface area contributed by atoms with Gasteiger partial charge in [-0.05, 0) is 30.7 Å². The largest absolute Gasteiger partial charge is 0.466 e. The van der Waals surface area contributed by atoms with Gasteiger partial charge in [0.15, 0.2) is 23.1 Å². The quantitative estimate of drug-likeness (QED) is 0.394. The first-order valence-corrected chi connectivity index (χ1v) is 8.46. The van der Waals surface area contributed by atoms with Crippen LogP contribution in [0, 0.1) is 18.6 Å². The number of halogens is 5. The Labute approximate surface area is 173 Å². The lowest BCUT2D eigenvalue weighted by Gasteiger charge is -2.17. The zero-order valence-corrected chi connectivity index (χ0v) is 16.4. The van der Waals surface area contributed by atoms with Crippen molar-refractivity contribution in [3.63, 3.8) is 0 Å². The Bertz CT molecular complexity index is 1010. The molecule has 0 aliphatic heterocycles. The predicted molar refractivity (Wildman–Crippen MR) is 98.4 cm³/mol. The van der Waals surface area contributed by atoms with E-state index in [1.807, 2.05) is 0 Å². The number of benzene rings is 2. The number of esters is 2. The van der Waals surface area contributed by atoms with E-state index in [9.17, 15) is 31.5 Å². The number of alkyl halides is 3. The van der Waals surface area contributed by atoms with E-state index in [0.717, 1.165) is 20.3 Å². The summed E-state index contributed by atoms with van der Waals surface area (Å²) in [6.45, 7) is 1.54. The van der Waals surface area contributed by atoms with Gasteiger partial charge in [-0.1, -0.05) is 12.1 Å². The van der Waals surface area contributed by atoms with E-state index in [4.69, 9.17) is 4.74 Å². The van der Waals surface area contributed by atoms with Crippen LogP contribution in [0.3, 0.4) is 0 Å². The molecule has 0 fully saturated rings. The number of hydrogen-bond acceptors (Lipinski definition) is 6. The fourth-order valence-corrected chi connectivity index (χ4v) is 2.38. The number of nitrogens with one attached hydrogen (secondary N) is 1. The van der Waals surface area contributed by atoms with E-state index in [2.05, 4.69) is 14.8 Å². The molecule has 0 spiro atoms. The fraction of sp³-hybridized carbons (Fsp3) is 0.200. The number of ether oxygens (including phenoxy) is 3. The van der Waals surface area contributed by atoms with Crippen molar-refractivity contribution in [2.24, 2.45) is 0 Å². The SMILES string of the molecule is COC(=O)/C=C(/Nc1c(C)cccc1Oc1c(F)cc(C(F)(F)F)cc1F)C(=O)OC. The average molecular weight is 445 g/mol. The Morgan fingerprint density at radius 3 is 2.16 bits per heavy atom. The van der Waals surface area contributed by atoms with E-state index >= 15 is 0 Å². The number of hydrogen-bond donors (Lipinski definition) is 1. The van der Waals surface area contributed by atoms with Crippen molar-refractivity contribution >= 4 is 17.6 Å². The minimum absolute atomic E-state index is 0.00162. The lowest BCUT2D eigenvalue weighted by Crippen LogP contribution is -2.16. The second-order valence-electron chi connectivity index (χ2n) is 6.01. The van der Waals surface area contributed by atoms with Gasteiger partial charge in [0.25, 0.3) is 0 Å². The highest BCUT2D eigenvalue weighted by atomic mass is 19.4. The van der Waals surface area contributed by atoms with Crippen LogP contribution in [0.25, 0.3) is 0 Å². The summed E-state index contributed by atoms with van der Waals surface area (Å²) in [5.74, 6) is -6.36. The number of rotatable bonds is 6. The van der Waals surface area contributed by atoms with Crippen molar-refractivity contribution in [2.75, 3.05) is 19.5 Å². The number of methoxy groups -OCH3 is 2. The van der Waals surface area contributed by atoms with Gasteiger partial charge in [-0.3, -0.25) is 0 Å². The van der Waals surface area contributed by atoms with Gasteiger partial charge in [0.2, 0.25) is 0 Å². The molecule has 0 radical (unpaired) electrons. The second kappa shape index (κ2) is 9.45.